The lowest BCUT2D eigenvalue weighted by Crippen LogP contribution is -2.44. The first-order chi connectivity index (χ1) is 13.9. The average molecular weight is 415 g/mol. The molecule has 7 heteroatoms. The van der Waals surface area contributed by atoms with Crippen LogP contribution in [0.2, 0.25) is 0 Å². The fraction of sp³-hybridized carbons (Fsp3) is 0.409. The number of rotatable bonds is 7. The van der Waals surface area contributed by atoms with Crippen molar-refractivity contribution in [3.63, 3.8) is 0 Å². The highest BCUT2D eigenvalue weighted by Crippen LogP contribution is 2.40. The normalized spacial score (nSPS) is 16.6. The molecule has 3 rings (SSSR count). The Balaban J connectivity index is 1.73. The van der Waals surface area contributed by atoms with Crippen molar-refractivity contribution in [2.24, 2.45) is 10.1 Å². The van der Waals surface area contributed by atoms with Crippen molar-refractivity contribution in [3.8, 4) is 0 Å². The summed E-state index contributed by atoms with van der Waals surface area (Å²) in [6.07, 6.45) is 4.81. The number of hydrogen-bond donors (Lipinski definition) is 3. The Kier molecular flexibility index (Phi) is 6.92. The lowest BCUT2D eigenvalue weighted by Gasteiger charge is -2.30. The van der Waals surface area contributed by atoms with Crippen LogP contribution in [0.15, 0.2) is 64.5 Å². The van der Waals surface area contributed by atoms with Gasteiger partial charge in [-0.15, -0.1) is 0 Å². The molecule has 0 aromatic heterocycles. The predicted molar refractivity (Wildman–Crippen MR) is 117 cm³/mol. The summed E-state index contributed by atoms with van der Waals surface area (Å²) in [6.45, 7) is 3.97. The highest BCUT2D eigenvalue weighted by Gasteiger charge is 2.35. The molecule has 6 nitrogen and oxygen atoms in total. The van der Waals surface area contributed by atoms with Gasteiger partial charge in [-0.25, -0.2) is 18.5 Å². The molecule has 0 atom stereocenters. The van der Waals surface area contributed by atoms with E-state index in [2.05, 4.69) is 46.0 Å². The van der Waals surface area contributed by atoms with E-state index in [0.717, 1.165) is 24.6 Å². The van der Waals surface area contributed by atoms with Gasteiger partial charge in [0, 0.05) is 18.5 Å². The van der Waals surface area contributed by atoms with Crippen molar-refractivity contribution < 1.29 is 8.42 Å². The van der Waals surface area contributed by atoms with Crippen LogP contribution in [0.1, 0.15) is 43.7 Å². The quantitative estimate of drug-likeness (QED) is 0.479. The number of hydrogen-bond acceptors (Lipinski definition) is 3. The highest BCUT2D eigenvalue weighted by molar-refractivity contribution is 7.89. The van der Waals surface area contributed by atoms with E-state index in [4.69, 9.17) is 5.14 Å². The molecule has 1 aliphatic carbocycles. The Morgan fingerprint density at radius 1 is 1.07 bits per heavy atom. The van der Waals surface area contributed by atoms with Gasteiger partial charge in [-0.05, 0) is 43.0 Å². The van der Waals surface area contributed by atoms with Gasteiger partial charge in [0.2, 0.25) is 10.0 Å². The van der Waals surface area contributed by atoms with Crippen LogP contribution in [0.25, 0.3) is 0 Å². The summed E-state index contributed by atoms with van der Waals surface area (Å²) in [5, 5.41) is 12.0. The third kappa shape index (κ3) is 5.58. The summed E-state index contributed by atoms with van der Waals surface area (Å²) in [5.41, 5.74) is 2.31. The Morgan fingerprint density at radius 3 is 2.45 bits per heavy atom. The summed E-state index contributed by atoms with van der Waals surface area (Å²) in [6, 6.07) is 17.3. The van der Waals surface area contributed by atoms with E-state index in [0.29, 0.717) is 6.54 Å². The number of nitrogens with two attached hydrogens (primary N) is 1. The minimum atomic E-state index is -3.71. The predicted octanol–water partition coefficient (Wildman–Crippen LogP) is 2.90. The van der Waals surface area contributed by atoms with Crippen molar-refractivity contribution in [2.75, 3.05) is 13.1 Å². The Morgan fingerprint density at radius 2 is 1.79 bits per heavy atom. The Hall–Kier alpha value is -2.38. The number of nitrogens with zero attached hydrogens (tertiary/aromatic N) is 1. The van der Waals surface area contributed by atoms with E-state index in [9.17, 15) is 8.42 Å². The van der Waals surface area contributed by atoms with Gasteiger partial charge in [0.1, 0.15) is 0 Å². The van der Waals surface area contributed by atoms with Crippen LogP contribution in [0.3, 0.4) is 0 Å². The number of aliphatic imine (C=N–C) groups is 1. The maximum absolute atomic E-state index is 11.6. The van der Waals surface area contributed by atoms with Crippen molar-refractivity contribution in [1.82, 2.24) is 10.6 Å². The topological polar surface area (TPSA) is 96.6 Å². The largest absolute Gasteiger partial charge is 0.357 e. The smallest absolute Gasteiger partial charge is 0.238 e. The number of guanidine groups is 1. The molecule has 156 valence electrons. The lowest BCUT2D eigenvalue weighted by molar-refractivity contribution is 0.431. The number of primary sulfonamides is 1. The van der Waals surface area contributed by atoms with Crippen LogP contribution in [-0.4, -0.2) is 27.5 Å². The van der Waals surface area contributed by atoms with Crippen LogP contribution < -0.4 is 15.8 Å². The second-order valence-corrected chi connectivity index (χ2v) is 9.16. The van der Waals surface area contributed by atoms with Crippen LogP contribution in [0.4, 0.5) is 0 Å². The van der Waals surface area contributed by atoms with Crippen LogP contribution in [0, 0.1) is 0 Å². The molecule has 2 aromatic rings. The molecule has 0 bridgehead atoms. The van der Waals surface area contributed by atoms with Gasteiger partial charge in [0.15, 0.2) is 5.96 Å². The van der Waals surface area contributed by atoms with Gasteiger partial charge >= 0.3 is 0 Å². The Bertz CT molecular complexity index is 936. The summed E-state index contributed by atoms with van der Waals surface area (Å²) < 4.78 is 23.1. The molecular formula is C22H30N4O2S. The van der Waals surface area contributed by atoms with Crippen molar-refractivity contribution in [3.05, 3.63) is 65.7 Å². The van der Waals surface area contributed by atoms with Crippen LogP contribution in [0.5, 0.6) is 0 Å². The number of sulfonamides is 1. The molecule has 29 heavy (non-hydrogen) atoms. The van der Waals surface area contributed by atoms with E-state index in [1.54, 1.807) is 12.1 Å². The standard InChI is InChI=1S/C22H30N4O2S/c1-2-24-21(25-16-18-9-8-12-20(15-18)29(23,27)28)26-17-22(13-6-7-14-22)19-10-4-3-5-11-19/h3-5,8-12,15H,2,6-7,13-14,16-17H2,1H3,(H2,23,27,28)(H2,24,25,26). The molecule has 0 saturated heterocycles. The third-order valence-electron chi connectivity index (χ3n) is 5.53. The van der Waals surface area contributed by atoms with Gasteiger partial charge in [0.25, 0.3) is 0 Å². The molecule has 0 amide bonds. The summed E-state index contributed by atoms with van der Waals surface area (Å²) >= 11 is 0. The monoisotopic (exact) mass is 414 g/mol. The van der Waals surface area contributed by atoms with Gasteiger partial charge in [-0.2, -0.15) is 0 Å². The number of nitrogens with one attached hydrogen (secondary N) is 2. The van der Waals surface area contributed by atoms with Crippen molar-refractivity contribution in [2.45, 2.75) is 49.5 Å². The van der Waals surface area contributed by atoms with E-state index in [-0.39, 0.29) is 10.3 Å². The first kappa shape index (κ1) is 21.3. The highest BCUT2D eigenvalue weighted by atomic mass is 32.2. The second kappa shape index (κ2) is 9.41. The van der Waals surface area contributed by atoms with E-state index < -0.39 is 10.0 Å². The maximum atomic E-state index is 11.6. The molecule has 1 fully saturated rings. The minimum Gasteiger partial charge on any atom is -0.357 e. The van der Waals surface area contributed by atoms with E-state index in [1.165, 1.54) is 37.3 Å². The first-order valence-corrected chi connectivity index (χ1v) is 11.7. The zero-order valence-electron chi connectivity index (χ0n) is 16.9. The molecular weight excluding hydrogens is 384 g/mol. The zero-order valence-corrected chi connectivity index (χ0v) is 17.7. The van der Waals surface area contributed by atoms with Gasteiger partial charge in [0.05, 0.1) is 11.4 Å². The maximum Gasteiger partial charge on any atom is 0.238 e. The third-order valence-corrected chi connectivity index (χ3v) is 6.44. The fourth-order valence-electron chi connectivity index (χ4n) is 4.00. The first-order valence-electron chi connectivity index (χ1n) is 10.1. The molecule has 1 aliphatic rings. The molecule has 0 heterocycles. The summed E-state index contributed by atoms with van der Waals surface area (Å²) in [4.78, 5) is 4.76. The molecule has 0 spiro atoms. The molecule has 0 unspecified atom stereocenters. The van der Waals surface area contributed by atoms with Gasteiger partial charge < -0.3 is 10.6 Å². The second-order valence-electron chi connectivity index (χ2n) is 7.59. The Labute approximate surface area is 173 Å². The van der Waals surface area contributed by atoms with E-state index >= 15 is 0 Å². The number of benzene rings is 2. The molecule has 1 saturated carbocycles. The lowest BCUT2D eigenvalue weighted by atomic mass is 9.79. The molecule has 4 N–H and O–H groups in total. The molecule has 2 aromatic carbocycles. The SMILES string of the molecule is CCNC(=NCc1cccc(S(N)(=O)=O)c1)NCC1(c2ccccc2)CCCC1. The van der Waals surface area contributed by atoms with Crippen LogP contribution >= 0.6 is 0 Å². The minimum absolute atomic E-state index is 0.108. The van der Waals surface area contributed by atoms with Crippen LogP contribution in [-0.2, 0) is 22.0 Å². The van der Waals surface area contributed by atoms with Gasteiger partial charge in [-0.3, -0.25) is 0 Å². The molecule has 0 radical (unpaired) electrons. The van der Waals surface area contributed by atoms with Gasteiger partial charge in [-0.1, -0.05) is 55.3 Å². The summed E-state index contributed by atoms with van der Waals surface area (Å²) in [7, 11) is -3.71. The average Bonchev–Trinajstić information content (AvgIpc) is 3.21. The van der Waals surface area contributed by atoms with Crippen molar-refractivity contribution >= 4 is 16.0 Å². The fourth-order valence-corrected chi connectivity index (χ4v) is 4.58. The van der Waals surface area contributed by atoms with Crippen molar-refractivity contribution in [1.29, 1.82) is 0 Å². The summed E-state index contributed by atoms with van der Waals surface area (Å²) in [5.74, 6) is 0.732. The zero-order chi connectivity index (χ0) is 20.7. The van der Waals surface area contributed by atoms with E-state index in [1.807, 2.05) is 13.0 Å². The molecule has 0 aliphatic heterocycles.